The summed E-state index contributed by atoms with van der Waals surface area (Å²) in [7, 11) is 0. The number of para-hydroxylation sites is 1. The van der Waals surface area contributed by atoms with E-state index in [0.29, 0.717) is 23.3 Å². The van der Waals surface area contributed by atoms with Crippen LogP contribution in [0.15, 0.2) is 58.3 Å². The highest BCUT2D eigenvalue weighted by atomic mass is 32.2. The lowest BCUT2D eigenvalue weighted by Gasteiger charge is -2.13. The van der Waals surface area contributed by atoms with Gasteiger partial charge in [0, 0.05) is 12.2 Å². The van der Waals surface area contributed by atoms with E-state index in [0.717, 1.165) is 5.69 Å². The molecule has 2 aromatic heterocycles. The minimum Gasteiger partial charge on any atom is -0.461 e. The standard InChI is InChI=1S/C18H19N5O3S/c1-3-19-17(25)20-16(24)12(2)27-18-22-21-15(14-10-7-11-26-14)23(18)13-8-5-4-6-9-13/h4-12H,3H2,1-2H3,(H2,19,20,24,25)/t12-/m1/s1. The molecule has 2 N–H and O–H groups in total. The Labute approximate surface area is 160 Å². The van der Waals surface area contributed by atoms with Gasteiger partial charge >= 0.3 is 6.03 Å². The van der Waals surface area contributed by atoms with Crippen LogP contribution in [0, 0.1) is 0 Å². The molecule has 0 saturated heterocycles. The fourth-order valence-corrected chi connectivity index (χ4v) is 3.22. The maximum absolute atomic E-state index is 12.2. The Morgan fingerprint density at radius 1 is 1.19 bits per heavy atom. The van der Waals surface area contributed by atoms with Crippen molar-refractivity contribution in [2.45, 2.75) is 24.3 Å². The number of nitrogens with one attached hydrogen (secondary N) is 2. The summed E-state index contributed by atoms with van der Waals surface area (Å²) >= 11 is 1.21. The molecule has 140 valence electrons. The van der Waals surface area contributed by atoms with E-state index >= 15 is 0 Å². The summed E-state index contributed by atoms with van der Waals surface area (Å²) in [4.78, 5) is 23.8. The van der Waals surface area contributed by atoms with E-state index in [-0.39, 0.29) is 0 Å². The topological polar surface area (TPSA) is 102 Å². The molecule has 8 nitrogen and oxygen atoms in total. The number of imide groups is 1. The zero-order chi connectivity index (χ0) is 19.2. The molecule has 0 bridgehead atoms. The number of rotatable bonds is 6. The highest BCUT2D eigenvalue weighted by Crippen LogP contribution is 2.30. The van der Waals surface area contributed by atoms with Crippen LogP contribution in [0.3, 0.4) is 0 Å². The Morgan fingerprint density at radius 3 is 2.63 bits per heavy atom. The smallest absolute Gasteiger partial charge is 0.321 e. The van der Waals surface area contributed by atoms with Crippen molar-refractivity contribution in [2.24, 2.45) is 0 Å². The Hall–Kier alpha value is -3.07. The number of hydrogen-bond acceptors (Lipinski definition) is 6. The molecule has 3 amide bonds. The first-order chi connectivity index (χ1) is 13.1. The van der Waals surface area contributed by atoms with E-state index in [9.17, 15) is 9.59 Å². The fourth-order valence-electron chi connectivity index (χ4n) is 2.35. The molecule has 0 saturated carbocycles. The van der Waals surface area contributed by atoms with Gasteiger partial charge in [0.15, 0.2) is 10.9 Å². The van der Waals surface area contributed by atoms with Crippen molar-refractivity contribution in [1.82, 2.24) is 25.4 Å². The van der Waals surface area contributed by atoms with E-state index in [1.165, 1.54) is 11.8 Å². The third-order valence-electron chi connectivity index (χ3n) is 3.61. The van der Waals surface area contributed by atoms with Crippen LogP contribution in [0.1, 0.15) is 13.8 Å². The predicted molar refractivity (Wildman–Crippen MR) is 102 cm³/mol. The third kappa shape index (κ3) is 4.37. The highest BCUT2D eigenvalue weighted by molar-refractivity contribution is 8.00. The Morgan fingerprint density at radius 2 is 1.96 bits per heavy atom. The number of nitrogens with zero attached hydrogens (tertiary/aromatic N) is 3. The van der Waals surface area contributed by atoms with E-state index < -0.39 is 17.2 Å². The number of furan rings is 1. The second-order valence-electron chi connectivity index (χ2n) is 5.56. The van der Waals surface area contributed by atoms with Crippen LogP contribution in [0.2, 0.25) is 0 Å². The van der Waals surface area contributed by atoms with Gasteiger partial charge in [0.2, 0.25) is 11.7 Å². The van der Waals surface area contributed by atoms with Crippen molar-refractivity contribution >= 4 is 23.7 Å². The minimum absolute atomic E-state index is 0.409. The summed E-state index contributed by atoms with van der Waals surface area (Å²) in [6.07, 6.45) is 1.56. The van der Waals surface area contributed by atoms with E-state index in [1.54, 1.807) is 32.2 Å². The van der Waals surface area contributed by atoms with E-state index in [4.69, 9.17) is 4.42 Å². The number of aromatic nitrogens is 3. The van der Waals surface area contributed by atoms with Gasteiger partial charge < -0.3 is 9.73 Å². The number of hydrogen-bond donors (Lipinski definition) is 2. The molecule has 27 heavy (non-hydrogen) atoms. The maximum atomic E-state index is 12.2. The van der Waals surface area contributed by atoms with Crippen molar-refractivity contribution in [3.05, 3.63) is 48.7 Å². The van der Waals surface area contributed by atoms with Crippen LogP contribution in [0.4, 0.5) is 4.79 Å². The molecule has 0 spiro atoms. The maximum Gasteiger partial charge on any atom is 0.321 e. The van der Waals surface area contributed by atoms with Gasteiger partial charge in [0.25, 0.3) is 0 Å². The van der Waals surface area contributed by atoms with Crippen LogP contribution in [0.25, 0.3) is 17.3 Å². The largest absolute Gasteiger partial charge is 0.461 e. The number of carbonyl (C=O) groups is 2. The molecule has 0 fully saturated rings. The second kappa shape index (κ2) is 8.54. The average molecular weight is 385 g/mol. The first-order valence-electron chi connectivity index (χ1n) is 8.40. The lowest BCUT2D eigenvalue weighted by molar-refractivity contribution is -0.119. The van der Waals surface area contributed by atoms with E-state index in [2.05, 4.69) is 20.8 Å². The zero-order valence-electron chi connectivity index (χ0n) is 14.9. The molecule has 3 aromatic rings. The molecule has 0 aliphatic rings. The van der Waals surface area contributed by atoms with Gasteiger partial charge in [0.05, 0.1) is 11.5 Å². The van der Waals surface area contributed by atoms with Crippen molar-refractivity contribution < 1.29 is 14.0 Å². The molecule has 2 heterocycles. The minimum atomic E-state index is -0.552. The zero-order valence-corrected chi connectivity index (χ0v) is 15.7. The molecule has 0 radical (unpaired) electrons. The molecule has 3 rings (SSSR count). The second-order valence-corrected chi connectivity index (χ2v) is 6.87. The number of carbonyl (C=O) groups excluding carboxylic acids is 2. The van der Waals surface area contributed by atoms with Crippen molar-refractivity contribution in [2.75, 3.05) is 6.54 Å². The molecule has 0 unspecified atom stereocenters. The van der Waals surface area contributed by atoms with Gasteiger partial charge in [0.1, 0.15) is 0 Å². The van der Waals surface area contributed by atoms with Crippen LogP contribution < -0.4 is 10.6 Å². The van der Waals surface area contributed by atoms with Gasteiger partial charge in [-0.15, -0.1) is 10.2 Å². The SMILES string of the molecule is CCNC(=O)NC(=O)[C@@H](C)Sc1nnc(-c2ccco2)n1-c1ccccc1. The first-order valence-corrected chi connectivity index (χ1v) is 9.28. The van der Waals surface area contributed by atoms with Crippen LogP contribution in [0.5, 0.6) is 0 Å². The van der Waals surface area contributed by atoms with Crippen molar-refractivity contribution in [1.29, 1.82) is 0 Å². The lowest BCUT2D eigenvalue weighted by Crippen LogP contribution is -2.42. The first kappa shape index (κ1) is 18.7. The third-order valence-corrected chi connectivity index (χ3v) is 4.66. The summed E-state index contributed by atoms with van der Waals surface area (Å²) < 4.78 is 7.28. The Kier molecular flexibility index (Phi) is 5.92. The lowest BCUT2D eigenvalue weighted by atomic mass is 10.3. The molecule has 0 aliphatic heterocycles. The van der Waals surface area contributed by atoms with Gasteiger partial charge in [-0.1, -0.05) is 30.0 Å². The van der Waals surface area contributed by atoms with Gasteiger partial charge in [-0.3, -0.25) is 14.7 Å². The quantitative estimate of drug-likeness (QED) is 0.633. The summed E-state index contributed by atoms with van der Waals surface area (Å²) in [6, 6.07) is 12.6. The van der Waals surface area contributed by atoms with Crippen molar-refractivity contribution in [3.8, 4) is 17.3 Å². The fraction of sp³-hybridized carbons (Fsp3) is 0.222. The molecule has 9 heteroatoms. The number of benzene rings is 1. The summed E-state index contributed by atoms with van der Waals surface area (Å²) in [5, 5.41) is 13.3. The Bertz CT molecular complexity index is 908. The summed E-state index contributed by atoms with van der Waals surface area (Å²) in [5.74, 6) is 0.691. The molecule has 0 aliphatic carbocycles. The van der Waals surface area contributed by atoms with E-state index in [1.807, 2.05) is 34.9 Å². The number of amides is 3. The average Bonchev–Trinajstić information content (AvgIpc) is 3.32. The van der Waals surface area contributed by atoms with Gasteiger partial charge in [-0.25, -0.2) is 4.79 Å². The van der Waals surface area contributed by atoms with Crippen molar-refractivity contribution in [3.63, 3.8) is 0 Å². The molecular formula is C18H19N5O3S. The van der Waals surface area contributed by atoms with Crippen LogP contribution in [-0.2, 0) is 4.79 Å². The number of urea groups is 1. The molecule has 1 aromatic carbocycles. The van der Waals surface area contributed by atoms with Crippen LogP contribution >= 0.6 is 11.8 Å². The summed E-state index contributed by atoms with van der Waals surface area (Å²) in [6.45, 7) is 3.92. The monoisotopic (exact) mass is 385 g/mol. The normalized spacial score (nSPS) is 11.8. The highest BCUT2D eigenvalue weighted by Gasteiger charge is 2.23. The molecule has 1 atom stereocenters. The Balaban J connectivity index is 1.87. The molecular weight excluding hydrogens is 366 g/mol. The van der Waals surface area contributed by atoms with Gasteiger partial charge in [-0.2, -0.15) is 0 Å². The van der Waals surface area contributed by atoms with Gasteiger partial charge in [-0.05, 0) is 38.1 Å². The van der Waals surface area contributed by atoms with Crippen LogP contribution in [-0.4, -0.2) is 38.5 Å². The number of thioether (sulfide) groups is 1. The predicted octanol–water partition coefficient (Wildman–Crippen LogP) is 2.85. The summed E-state index contributed by atoms with van der Waals surface area (Å²) in [5.41, 5.74) is 0.840.